The molecule has 3 aromatic rings. The van der Waals surface area contributed by atoms with Crippen LogP contribution in [-0.2, 0) is 0 Å². The molecule has 1 N–H and O–H groups in total. The molecular formula is C15H12ClN3O2S. The Morgan fingerprint density at radius 3 is 2.86 bits per heavy atom. The first-order valence-electron chi connectivity index (χ1n) is 6.58. The predicted octanol–water partition coefficient (Wildman–Crippen LogP) is 3.94. The molecule has 3 rings (SSSR count). The van der Waals surface area contributed by atoms with E-state index in [-0.39, 0.29) is 5.91 Å². The van der Waals surface area contributed by atoms with Gasteiger partial charge in [-0.3, -0.25) is 4.79 Å². The van der Waals surface area contributed by atoms with E-state index in [2.05, 4.69) is 15.5 Å². The first-order chi connectivity index (χ1) is 10.6. The summed E-state index contributed by atoms with van der Waals surface area (Å²) in [5.74, 6) is 0.567. The number of hydrogen-bond acceptors (Lipinski definition) is 5. The van der Waals surface area contributed by atoms with Crippen molar-refractivity contribution >= 4 is 28.8 Å². The molecule has 0 aliphatic rings. The van der Waals surface area contributed by atoms with E-state index in [0.29, 0.717) is 27.2 Å². The fraction of sp³-hybridized carbons (Fsp3) is 0.133. The fourth-order valence-electron chi connectivity index (χ4n) is 1.90. The molecule has 5 nitrogen and oxygen atoms in total. The highest BCUT2D eigenvalue weighted by atomic mass is 35.5. The quantitative estimate of drug-likeness (QED) is 0.785. The highest BCUT2D eigenvalue weighted by Crippen LogP contribution is 2.26. The van der Waals surface area contributed by atoms with Crippen LogP contribution in [0.15, 0.2) is 46.3 Å². The molecule has 1 atom stereocenters. The largest absolute Gasteiger partial charge is 0.340 e. The van der Waals surface area contributed by atoms with Gasteiger partial charge in [0, 0.05) is 5.56 Å². The normalized spacial score (nSPS) is 12.1. The van der Waals surface area contributed by atoms with Gasteiger partial charge in [0.05, 0.1) is 9.90 Å². The van der Waals surface area contributed by atoms with E-state index in [9.17, 15) is 4.79 Å². The number of hydrogen-bond donors (Lipinski definition) is 1. The number of amides is 1. The average molecular weight is 334 g/mol. The Kier molecular flexibility index (Phi) is 4.22. The summed E-state index contributed by atoms with van der Waals surface area (Å²) in [5.41, 5.74) is 0.691. The van der Waals surface area contributed by atoms with Crippen LogP contribution in [0.4, 0.5) is 0 Å². The van der Waals surface area contributed by atoms with Gasteiger partial charge in [0.1, 0.15) is 6.04 Å². The van der Waals surface area contributed by atoms with E-state index >= 15 is 0 Å². The second-order valence-electron chi connectivity index (χ2n) is 4.61. The molecule has 1 aromatic carbocycles. The van der Waals surface area contributed by atoms with Gasteiger partial charge in [-0.15, -0.1) is 11.3 Å². The summed E-state index contributed by atoms with van der Waals surface area (Å²) in [6.45, 7) is 1.79. The molecule has 1 amide bonds. The van der Waals surface area contributed by atoms with Gasteiger partial charge in [0.2, 0.25) is 11.7 Å². The zero-order valence-electron chi connectivity index (χ0n) is 11.6. The molecule has 2 heterocycles. The van der Waals surface area contributed by atoms with Crippen molar-refractivity contribution in [2.45, 2.75) is 13.0 Å². The second kappa shape index (κ2) is 6.29. The molecule has 7 heteroatoms. The van der Waals surface area contributed by atoms with Crippen LogP contribution < -0.4 is 5.32 Å². The third-order valence-corrected chi connectivity index (χ3v) is 4.22. The van der Waals surface area contributed by atoms with Crippen LogP contribution in [0.25, 0.3) is 11.4 Å². The minimum absolute atomic E-state index is 0.167. The Morgan fingerprint density at radius 1 is 1.32 bits per heavy atom. The third kappa shape index (κ3) is 3.03. The Bertz CT molecular complexity index is 786. The number of carbonyl (C=O) groups is 1. The van der Waals surface area contributed by atoms with Gasteiger partial charge in [-0.25, -0.2) is 0 Å². The maximum atomic E-state index is 12.0. The number of carbonyl (C=O) groups excluding carboxylic acids is 1. The lowest BCUT2D eigenvalue weighted by atomic mass is 10.2. The molecule has 0 spiro atoms. The number of aromatic nitrogens is 2. The smallest absolute Gasteiger partial charge is 0.261 e. The lowest BCUT2D eigenvalue weighted by Crippen LogP contribution is -2.26. The van der Waals surface area contributed by atoms with Crippen molar-refractivity contribution in [3.05, 3.63) is 57.6 Å². The third-order valence-electron chi connectivity index (χ3n) is 3.02. The van der Waals surface area contributed by atoms with Gasteiger partial charge in [0.15, 0.2) is 0 Å². The molecular weight excluding hydrogens is 322 g/mol. The van der Waals surface area contributed by atoms with Crippen LogP contribution in [0.5, 0.6) is 0 Å². The van der Waals surface area contributed by atoms with Crippen LogP contribution in [0, 0.1) is 0 Å². The van der Waals surface area contributed by atoms with Crippen LogP contribution in [0.3, 0.4) is 0 Å². The summed E-state index contributed by atoms with van der Waals surface area (Å²) in [7, 11) is 0. The van der Waals surface area contributed by atoms with E-state index in [4.69, 9.17) is 16.1 Å². The summed E-state index contributed by atoms with van der Waals surface area (Å²) in [6.07, 6.45) is 0. The molecule has 0 saturated carbocycles. The van der Waals surface area contributed by atoms with Crippen molar-refractivity contribution in [3.63, 3.8) is 0 Å². The second-order valence-corrected chi connectivity index (χ2v) is 5.96. The van der Waals surface area contributed by atoms with Crippen molar-refractivity contribution < 1.29 is 9.32 Å². The molecule has 22 heavy (non-hydrogen) atoms. The lowest BCUT2D eigenvalue weighted by molar-refractivity contribution is 0.0936. The average Bonchev–Trinajstić information content (AvgIpc) is 3.19. The van der Waals surface area contributed by atoms with Gasteiger partial charge in [-0.05, 0) is 30.5 Å². The van der Waals surface area contributed by atoms with Gasteiger partial charge in [0.25, 0.3) is 5.91 Å². The van der Waals surface area contributed by atoms with Gasteiger partial charge >= 0.3 is 0 Å². The molecule has 2 aromatic heterocycles. The van der Waals surface area contributed by atoms with Crippen LogP contribution in [0.2, 0.25) is 5.02 Å². The zero-order chi connectivity index (χ0) is 15.5. The maximum absolute atomic E-state index is 12.0. The van der Waals surface area contributed by atoms with Gasteiger partial charge in [-0.1, -0.05) is 35.0 Å². The maximum Gasteiger partial charge on any atom is 0.261 e. The number of nitrogens with one attached hydrogen (secondary N) is 1. The summed E-state index contributed by atoms with van der Waals surface area (Å²) < 4.78 is 5.22. The van der Waals surface area contributed by atoms with E-state index in [1.807, 2.05) is 29.6 Å². The van der Waals surface area contributed by atoms with Gasteiger partial charge < -0.3 is 9.84 Å². The van der Waals surface area contributed by atoms with Crippen molar-refractivity contribution in [1.29, 1.82) is 0 Å². The Labute approximate surface area is 135 Å². The van der Waals surface area contributed by atoms with E-state index in [0.717, 1.165) is 0 Å². The highest BCUT2D eigenvalue weighted by Gasteiger charge is 2.19. The Hall–Kier alpha value is -2.18. The standard InChI is InChI=1S/C15H12ClN3O2S/c1-9(17-14(20)12-7-4-8-22-12)15-18-13(19-21-15)10-5-2-3-6-11(10)16/h2-9H,1H3,(H,17,20). The highest BCUT2D eigenvalue weighted by molar-refractivity contribution is 7.12. The number of thiophene rings is 1. The summed E-state index contributed by atoms with van der Waals surface area (Å²) in [6, 6.07) is 10.4. The number of halogens is 1. The lowest BCUT2D eigenvalue weighted by Gasteiger charge is -2.07. The molecule has 0 radical (unpaired) electrons. The van der Waals surface area contributed by atoms with Crippen LogP contribution in [0.1, 0.15) is 28.5 Å². The Balaban J connectivity index is 1.76. The molecule has 112 valence electrons. The molecule has 0 saturated heterocycles. The molecule has 0 bridgehead atoms. The van der Waals surface area contributed by atoms with Crippen molar-refractivity contribution in [1.82, 2.24) is 15.5 Å². The topological polar surface area (TPSA) is 68.0 Å². The van der Waals surface area contributed by atoms with Crippen molar-refractivity contribution in [2.75, 3.05) is 0 Å². The molecule has 0 aliphatic heterocycles. The first-order valence-corrected chi connectivity index (χ1v) is 7.84. The minimum atomic E-state index is -0.390. The molecule has 0 aliphatic carbocycles. The fourth-order valence-corrected chi connectivity index (χ4v) is 2.75. The molecule has 1 unspecified atom stereocenters. The predicted molar refractivity (Wildman–Crippen MR) is 84.9 cm³/mol. The molecule has 0 fully saturated rings. The van der Waals surface area contributed by atoms with Gasteiger partial charge in [-0.2, -0.15) is 4.98 Å². The first kappa shape index (κ1) is 14.7. The van der Waals surface area contributed by atoms with Crippen molar-refractivity contribution in [3.8, 4) is 11.4 Å². The summed E-state index contributed by atoms with van der Waals surface area (Å²) in [5, 5.41) is 9.13. The van der Waals surface area contributed by atoms with Crippen LogP contribution in [-0.4, -0.2) is 16.0 Å². The minimum Gasteiger partial charge on any atom is -0.340 e. The summed E-state index contributed by atoms with van der Waals surface area (Å²) in [4.78, 5) is 16.9. The van der Waals surface area contributed by atoms with Crippen molar-refractivity contribution in [2.24, 2.45) is 0 Å². The zero-order valence-corrected chi connectivity index (χ0v) is 13.2. The Morgan fingerprint density at radius 2 is 2.14 bits per heavy atom. The number of rotatable bonds is 4. The summed E-state index contributed by atoms with van der Waals surface area (Å²) >= 11 is 7.49. The van der Waals surface area contributed by atoms with E-state index in [1.165, 1.54) is 11.3 Å². The van der Waals surface area contributed by atoms with Crippen LogP contribution >= 0.6 is 22.9 Å². The SMILES string of the molecule is CC(NC(=O)c1cccs1)c1nc(-c2ccccc2Cl)no1. The van der Waals surface area contributed by atoms with E-state index < -0.39 is 6.04 Å². The van der Waals surface area contributed by atoms with E-state index in [1.54, 1.807) is 19.1 Å². The monoisotopic (exact) mass is 333 g/mol. The number of nitrogens with zero attached hydrogens (tertiary/aromatic N) is 2. The number of benzene rings is 1.